The highest BCUT2D eigenvalue weighted by Gasteiger charge is 2.19. The van der Waals surface area contributed by atoms with Gasteiger partial charge in [-0.25, -0.2) is 10.2 Å². The Morgan fingerprint density at radius 2 is 1.20 bits per heavy atom. The first kappa shape index (κ1) is 33.0. The van der Waals surface area contributed by atoms with E-state index in [0.717, 1.165) is 0 Å². The zero-order valence-corrected chi connectivity index (χ0v) is 25.3. The fourth-order valence-electron chi connectivity index (χ4n) is 3.99. The van der Waals surface area contributed by atoms with Gasteiger partial charge in [0, 0.05) is 18.5 Å². The molecule has 0 aliphatic carbocycles. The molecule has 0 heterocycles. The Kier molecular flexibility index (Phi) is 12.2. The Morgan fingerprint density at radius 1 is 0.705 bits per heavy atom. The number of ether oxygens (including phenoxy) is 7. The molecular weight excluding hydrogens is 574 g/mol. The topological polar surface area (TPSA) is 152 Å². The van der Waals surface area contributed by atoms with Crippen molar-refractivity contribution in [3.8, 4) is 40.2 Å². The summed E-state index contributed by atoms with van der Waals surface area (Å²) in [6, 6.07) is 12.6. The molecule has 0 bridgehead atoms. The Hall–Kier alpha value is -5.46. The van der Waals surface area contributed by atoms with Gasteiger partial charge in [-0.15, -0.1) is 0 Å². The molecule has 2 amide bonds. The van der Waals surface area contributed by atoms with Crippen LogP contribution >= 0.6 is 0 Å². The summed E-state index contributed by atoms with van der Waals surface area (Å²) in [5, 5.41) is 6.71. The van der Waals surface area contributed by atoms with Gasteiger partial charge < -0.3 is 38.5 Å². The molecule has 0 aliphatic rings. The van der Waals surface area contributed by atoms with E-state index in [-0.39, 0.29) is 30.3 Å². The molecule has 13 nitrogen and oxygen atoms in total. The molecule has 2 N–H and O–H groups in total. The highest BCUT2D eigenvalue weighted by molar-refractivity contribution is 5.95. The Morgan fingerprint density at radius 3 is 1.68 bits per heavy atom. The number of nitrogens with one attached hydrogen (secondary N) is 2. The number of hydrogen-bond acceptors (Lipinski definition) is 11. The van der Waals surface area contributed by atoms with E-state index < -0.39 is 5.97 Å². The van der Waals surface area contributed by atoms with Crippen molar-refractivity contribution < 1.29 is 47.5 Å². The van der Waals surface area contributed by atoms with Gasteiger partial charge in [0.25, 0.3) is 5.91 Å². The third-order valence-corrected chi connectivity index (χ3v) is 6.19. The van der Waals surface area contributed by atoms with E-state index in [4.69, 9.17) is 33.2 Å². The van der Waals surface area contributed by atoms with E-state index in [1.807, 2.05) is 0 Å². The average molecular weight is 610 g/mol. The third kappa shape index (κ3) is 8.53. The molecule has 3 aromatic carbocycles. The van der Waals surface area contributed by atoms with Gasteiger partial charge >= 0.3 is 5.97 Å². The second-order valence-corrected chi connectivity index (χ2v) is 8.94. The molecule has 0 spiro atoms. The van der Waals surface area contributed by atoms with Crippen LogP contribution in [0.5, 0.6) is 40.2 Å². The molecule has 0 unspecified atom stereocenters. The Balaban J connectivity index is 1.45. The summed E-state index contributed by atoms with van der Waals surface area (Å²) in [7, 11) is 8.79. The van der Waals surface area contributed by atoms with Crippen LogP contribution in [0.3, 0.4) is 0 Å². The maximum atomic E-state index is 12.7. The summed E-state index contributed by atoms with van der Waals surface area (Å²) >= 11 is 0. The normalized spacial score (nSPS) is 10.5. The summed E-state index contributed by atoms with van der Waals surface area (Å²) in [6.45, 7) is 0.267. The van der Waals surface area contributed by atoms with E-state index in [1.54, 1.807) is 36.4 Å². The second-order valence-electron chi connectivity index (χ2n) is 8.94. The molecule has 3 rings (SSSR count). The lowest BCUT2D eigenvalue weighted by atomic mass is 10.1. The average Bonchev–Trinajstić information content (AvgIpc) is 3.05. The number of hydrazone groups is 1. The lowest BCUT2D eigenvalue weighted by Gasteiger charge is -2.14. The van der Waals surface area contributed by atoms with Gasteiger partial charge in [-0.05, 0) is 60.5 Å². The molecule has 0 radical (unpaired) electrons. The van der Waals surface area contributed by atoms with Gasteiger partial charge in [0.1, 0.15) is 5.75 Å². The van der Waals surface area contributed by atoms with Crippen molar-refractivity contribution >= 4 is 24.0 Å². The zero-order valence-electron chi connectivity index (χ0n) is 25.3. The van der Waals surface area contributed by atoms with Crippen LogP contribution in [-0.4, -0.2) is 73.2 Å². The van der Waals surface area contributed by atoms with Crippen LogP contribution in [0.15, 0.2) is 53.6 Å². The van der Waals surface area contributed by atoms with Gasteiger partial charge in [0.05, 0.1) is 54.4 Å². The number of esters is 1. The van der Waals surface area contributed by atoms with Crippen molar-refractivity contribution in [3.05, 3.63) is 65.2 Å². The second kappa shape index (κ2) is 16.2. The molecule has 0 aliphatic heterocycles. The molecule has 0 fully saturated rings. The molecule has 13 heteroatoms. The summed E-state index contributed by atoms with van der Waals surface area (Å²) in [5.74, 6) is 1.15. The van der Waals surface area contributed by atoms with Crippen molar-refractivity contribution in [2.45, 2.75) is 12.8 Å². The van der Waals surface area contributed by atoms with E-state index in [2.05, 4.69) is 15.8 Å². The lowest BCUT2D eigenvalue weighted by Crippen LogP contribution is -2.26. The van der Waals surface area contributed by atoms with Crippen molar-refractivity contribution in [2.24, 2.45) is 5.10 Å². The molecular formula is C31H35N3O10. The van der Waals surface area contributed by atoms with Crippen molar-refractivity contribution in [3.63, 3.8) is 0 Å². The van der Waals surface area contributed by atoms with E-state index in [1.165, 1.54) is 61.0 Å². The summed E-state index contributed by atoms with van der Waals surface area (Å²) in [6.07, 6.45) is 1.99. The lowest BCUT2D eigenvalue weighted by molar-refractivity contribution is -0.121. The number of rotatable bonds is 15. The number of amides is 2. The quantitative estimate of drug-likeness (QED) is 0.0859. The van der Waals surface area contributed by atoms with Crippen molar-refractivity contribution in [2.75, 3.05) is 49.2 Å². The zero-order chi connectivity index (χ0) is 32.1. The van der Waals surface area contributed by atoms with Crippen LogP contribution in [0.25, 0.3) is 0 Å². The number of nitrogens with zero attached hydrogens (tertiary/aromatic N) is 1. The SMILES string of the molecule is COc1cc(C(=O)NCCCC(=O)NN=Cc2ccc(OC(=O)c3cc(OC)c(OC)c(OC)c3)cc2)cc(OC)c1OC. The Bertz CT molecular complexity index is 1440. The molecule has 3 aromatic rings. The maximum Gasteiger partial charge on any atom is 0.343 e. The molecule has 0 atom stereocenters. The molecule has 234 valence electrons. The predicted molar refractivity (Wildman–Crippen MR) is 161 cm³/mol. The fraction of sp³-hybridized carbons (Fsp3) is 0.290. The van der Waals surface area contributed by atoms with Crippen LogP contribution in [-0.2, 0) is 4.79 Å². The van der Waals surface area contributed by atoms with Gasteiger partial charge in [0.15, 0.2) is 23.0 Å². The number of carbonyl (C=O) groups excluding carboxylic acids is 3. The smallest absolute Gasteiger partial charge is 0.343 e. The highest BCUT2D eigenvalue weighted by Crippen LogP contribution is 2.39. The van der Waals surface area contributed by atoms with Crippen molar-refractivity contribution in [1.82, 2.24) is 10.7 Å². The number of hydrogen-bond donors (Lipinski definition) is 2. The standard InChI is InChI=1S/C31H35N3O10/c1-38-23-14-20(15-24(39-2)28(23)42-5)30(36)32-13-7-8-27(35)34-33-18-19-9-11-22(12-10-19)44-31(37)21-16-25(40-3)29(43-6)26(17-21)41-4/h9-12,14-18H,7-8,13H2,1-6H3,(H,32,36)(H,34,35). The molecule has 0 saturated carbocycles. The van der Waals surface area contributed by atoms with Gasteiger partial charge in [-0.1, -0.05) is 0 Å². The van der Waals surface area contributed by atoms with Gasteiger partial charge in [-0.3, -0.25) is 9.59 Å². The summed E-state index contributed by atoms with van der Waals surface area (Å²) in [4.78, 5) is 37.4. The fourth-order valence-corrected chi connectivity index (χ4v) is 3.99. The molecule has 0 aromatic heterocycles. The van der Waals surface area contributed by atoms with Crippen molar-refractivity contribution in [1.29, 1.82) is 0 Å². The molecule has 0 saturated heterocycles. The van der Waals surface area contributed by atoms with Crippen LogP contribution < -0.4 is 43.9 Å². The van der Waals surface area contributed by atoms with Gasteiger partial charge in [-0.2, -0.15) is 5.10 Å². The van der Waals surface area contributed by atoms with E-state index in [9.17, 15) is 14.4 Å². The van der Waals surface area contributed by atoms with Crippen LogP contribution in [0.4, 0.5) is 0 Å². The van der Waals surface area contributed by atoms with Crippen LogP contribution in [0, 0.1) is 0 Å². The first-order valence-electron chi connectivity index (χ1n) is 13.3. The maximum absolute atomic E-state index is 12.7. The molecule has 44 heavy (non-hydrogen) atoms. The first-order chi connectivity index (χ1) is 21.3. The minimum absolute atomic E-state index is 0.142. The summed E-state index contributed by atoms with van der Waals surface area (Å²) < 4.78 is 37.1. The minimum Gasteiger partial charge on any atom is -0.493 e. The largest absolute Gasteiger partial charge is 0.493 e. The highest BCUT2D eigenvalue weighted by atomic mass is 16.5. The minimum atomic E-state index is -0.613. The van der Waals surface area contributed by atoms with Gasteiger partial charge in [0.2, 0.25) is 17.4 Å². The summed E-state index contributed by atoms with van der Waals surface area (Å²) in [5.41, 5.74) is 3.65. The van der Waals surface area contributed by atoms with E-state index >= 15 is 0 Å². The first-order valence-corrected chi connectivity index (χ1v) is 13.3. The number of carbonyl (C=O) groups is 3. The number of methoxy groups -OCH3 is 6. The third-order valence-electron chi connectivity index (χ3n) is 6.19. The monoisotopic (exact) mass is 609 g/mol. The van der Waals surface area contributed by atoms with Crippen LogP contribution in [0.2, 0.25) is 0 Å². The predicted octanol–water partition coefficient (Wildman–Crippen LogP) is 3.62. The van der Waals surface area contributed by atoms with E-state index in [0.29, 0.717) is 57.8 Å². The Labute approximate surface area is 255 Å². The van der Waals surface area contributed by atoms with Crippen LogP contribution in [0.1, 0.15) is 39.1 Å². The number of benzene rings is 3.